The van der Waals surface area contributed by atoms with Crippen molar-refractivity contribution in [3.8, 4) is 0 Å². The van der Waals surface area contributed by atoms with E-state index < -0.39 is 0 Å². The highest BCUT2D eigenvalue weighted by molar-refractivity contribution is 6.30. The molecule has 2 aromatic rings. The summed E-state index contributed by atoms with van der Waals surface area (Å²) in [4.78, 5) is 11.7. The molecule has 0 spiro atoms. The molecule has 1 heterocycles. The molecule has 2 rings (SSSR count). The fraction of sp³-hybridized carbons (Fsp3) is 0.154. The van der Waals surface area contributed by atoms with E-state index in [2.05, 4.69) is 0 Å². The van der Waals surface area contributed by atoms with E-state index in [1.807, 2.05) is 12.1 Å². The van der Waals surface area contributed by atoms with Gasteiger partial charge in [-0.15, -0.1) is 0 Å². The molecule has 0 amide bonds. The molecule has 0 bridgehead atoms. The van der Waals surface area contributed by atoms with E-state index in [1.54, 1.807) is 42.1 Å². The van der Waals surface area contributed by atoms with Crippen LogP contribution in [0, 0.1) is 0 Å². The number of hydrogen-bond donors (Lipinski definition) is 0. The molecule has 0 atom stereocenters. The molecule has 1 aromatic carbocycles. The molecular formula is C13H12ClNO2. The van der Waals surface area contributed by atoms with Gasteiger partial charge in [0.1, 0.15) is 12.3 Å². The van der Waals surface area contributed by atoms with E-state index in [4.69, 9.17) is 16.3 Å². The molecule has 1 aromatic heterocycles. The summed E-state index contributed by atoms with van der Waals surface area (Å²) in [6.45, 7) is 0.227. The lowest BCUT2D eigenvalue weighted by Gasteiger charge is -2.05. The summed E-state index contributed by atoms with van der Waals surface area (Å²) in [6.07, 6.45) is 1.80. The molecule has 17 heavy (non-hydrogen) atoms. The van der Waals surface area contributed by atoms with Crippen LogP contribution in [0.2, 0.25) is 5.02 Å². The lowest BCUT2D eigenvalue weighted by molar-refractivity contribution is 0.0461. The zero-order valence-corrected chi connectivity index (χ0v) is 10.1. The molecule has 4 heteroatoms. The zero-order valence-electron chi connectivity index (χ0n) is 9.39. The second kappa shape index (κ2) is 5.06. The Bertz CT molecular complexity index is 534. The normalized spacial score (nSPS) is 10.2. The molecule has 0 saturated heterocycles. The summed E-state index contributed by atoms with van der Waals surface area (Å²) >= 11 is 5.84. The minimum atomic E-state index is -0.336. The van der Waals surface area contributed by atoms with Crippen LogP contribution in [-0.4, -0.2) is 10.5 Å². The summed E-state index contributed by atoms with van der Waals surface area (Å²) in [5, 5.41) is 0.636. The number of esters is 1. The SMILES string of the molecule is Cn1cccc1C(=O)OCc1cccc(Cl)c1. The number of rotatable bonds is 3. The third-order valence-electron chi connectivity index (χ3n) is 2.41. The van der Waals surface area contributed by atoms with Crippen LogP contribution in [0.3, 0.4) is 0 Å². The largest absolute Gasteiger partial charge is 0.456 e. The van der Waals surface area contributed by atoms with Gasteiger partial charge in [-0.1, -0.05) is 23.7 Å². The van der Waals surface area contributed by atoms with Gasteiger partial charge in [-0.05, 0) is 29.8 Å². The molecule has 0 saturated carbocycles. The molecule has 0 N–H and O–H groups in total. The predicted octanol–water partition coefficient (Wildman–Crippen LogP) is 3.04. The van der Waals surface area contributed by atoms with Crippen molar-refractivity contribution in [1.29, 1.82) is 0 Å². The zero-order chi connectivity index (χ0) is 12.3. The van der Waals surface area contributed by atoms with Gasteiger partial charge in [0.15, 0.2) is 0 Å². The Morgan fingerprint density at radius 2 is 2.18 bits per heavy atom. The van der Waals surface area contributed by atoms with E-state index >= 15 is 0 Å². The highest BCUT2D eigenvalue weighted by Gasteiger charge is 2.10. The lowest BCUT2D eigenvalue weighted by atomic mass is 10.2. The van der Waals surface area contributed by atoms with Crippen LogP contribution in [0.4, 0.5) is 0 Å². The van der Waals surface area contributed by atoms with Crippen molar-refractivity contribution in [3.63, 3.8) is 0 Å². The van der Waals surface area contributed by atoms with Gasteiger partial charge in [0.2, 0.25) is 0 Å². The number of carbonyl (C=O) groups is 1. The van der Waals surface area contributed by atoms with Gasteiger partial charge in [0.25, 0.3) is 0 Å². The first-order valence-electron chi connectivity index (χ1n) is 5.20. The van der Waals surface area contributed by atoms with Crippen LogP contribution in [0.1, 0.15) is 16.1 Å². The Hall–Kier alpha value is -1.74. The average Bonchev–Trinajstić information content (AvgIpc) is 2.72. The van der Waals surface area contributed by atoms with Gasteiger partial charge >= 0.3 is 5.97 Å². The van der Waals surface area contributed by atoms with Gasteiger partial charge in [-0.25, -0.2) is 4.79 Å². The van der Waals surface area contributed by atoms with E-state index in [1.165, 1.54) is 0 Å². The van der Waals surface area contributed by atoms with Gasteiger partial charge in [-0.2, -0.15) is 0 Å². The van der Waals surface area contributed by atoms with Crippen molar-refractivity contribution in [1.82, 2.24) is 4.57 Å². The molecule has 0 aliphatic carbocycles. The highest BCUT2D eigenvalue weighted by atomic mass is 35.5. The number of ether oxygens (including phenoxy) is 1. The average molecular weight is 250 g/mol. The maximum Gasteiger partial charge on any atom is 0.355 e. The minimum absolute atomic E-state index is 0.227. The second-order valence-corrected chi connectivity index (χ2v) is 4.15. The fourth-order valence-corrected chi connectivity index (χ4v) is 1.74. The molecule has 3 nitrogen and oxygen atoms in total. The fourth-order valence-electron chi connectivity index (χ4n) is 1.52. The van der Waals surface area contributed by atoms with Crippen molar-refractivity contribution in [3.05, 3.63) is 58.9 Å². The number of aryl methyl sites for hydroxylation is 1. The van der Waals surface area contributed by atoms with Crippen LogP contribution in [0.5, 0.6) is 0 Å². The highest BCUT2D eigenvalue weighted by Crippen LogP contribution is 2.12. The first-order valence-corrected chi connectivity index (χ1v) is 5.57. The van der Waals surface area contributed by atoms with Gasteiger partial charge < -0.3 is 9.30 Å². The molecule has 88 valence electrons. The van der Waals surface area contributed by atoms with E-state index in [9.17, 15) is 4.79 Å². The Kier molecular flexibility index (Phi) is 3.49. The van der Waals surface area contributed by atoms with Crippen molar-refractivity contribution < 1.29 is 9.53 Å². The first-order chi connectivity index (χ1) is 8.16. The summed E-state index contributed by atoms with van der Waals surface area (Å²) in [5.41, 5.74) is 1.41. The molecule has 0 aliphatic heterocycles. The number of aromatic nitrogens is 1. The predicted molar refractivity (Wildman–Crippen MR) is 66.0 cm³/mol. The number of halogens is 1. The Labute approximate surface area is 105 Å². The van der Waals surface area contributed by atoms with Crippen LogP contribution >= 0.6 is 11.6 Å². The molecule has 0 radical (unpaired) electrons. The van der Waals surface area contributed by atoms with Crippen LogP contribution in [-0.2, 0) is 18.4 Å². The second-order valence-electron chi connectivity index (χ2n) is 3.71. The maximum absolute atomic E-state index is 11.7. The molecular weight excluding hydrogens is 238 g/mol. The van der Waals surface area contributed by atoms with Gasteiger partial charge in [-0.3, -0.25) is 0 Å². The standard InChI is InChI=1S/C13H12ClNO2/c1-15-7-3-6-12(15)13(16)17-9-10-4-2-5-11(14)8-10/h2-8H,9H2,1H3. The van der Waals surface area contributed by atoms with Gasteiger partial charge in [0, 0.05) is 18.3 Å². The van der Waals surface area contributed by atoms with Crippen LogP contribution in [0.25, 0.3) is 0 Å². The third-order valence-corrected chi connectivity index (χ3v) is 2.65. The number of hydrogen-bond acceptors (Lipinski definition) is 2. The summed E-state index contributed by atoms with van der Waals surface area (Å²) in [5.74, 6) is -0.336. The smallest absolute Gasteiger partial charge is 0.355 e. The summed E-state index contributed by atoms with van der Waals surface area (Å²) in [6, 6.07) is 10.8. The Morgan fingerprint density at radius 3 is 2.82 bits per heavy atom. The summed E-state index contributed by atoms with van der Waals surface area (Å²) in [7, 11) is 1.80. The van der Waals surface area contributed by atoms with Gasteiger partial charge in [0.05, 0.1) is 0 Å². The summed E-state index contributed by atoms with van der Waals surface area (Å²) < 4.78 is 6.91. The number of carbonyl (C=O) groups excluding carboxylic acids is 1. The number of benzene rings is 1. The quantitative estimate of drug-likeness (QED) is 0.783. The maximum atomic E-state index is 11.7. The van der Waals surface area contributed by atoms with Crippen LogP contribution in [0.15, 0.2) is 42.6 Å². The Morgan fingerprint density at radius 1 is 1.35 bits per heavy atom. The third kappa shape index (κ3) is 2.88. The van der Waals surface area contributed by atoms with Crippen molar-refractivity contribution in [2.45, 2.75) is 6.61 Å². The first kappa shape index (κ1) is 11.7. The van der Waals surface area contributed by atoms with E-state index in [-0.39, 0.29) is 12.6 Å². The minimum Gasteiger partial charge on any atom is -0.456 e. The topological polar surface area (TPSA) is 31.2 Å². The molecule has 0 unspecified atom stereocenters. The van der Waals surface area contributed by atoms with E-state index in [0.29, 0.717) is 10.7 Å². The Balaban J connectivity index is 1.99. The number of nitrogens with zero attached hydrogens (tertiary/aromatic N) is 1. The molecule has 0 aliphatic rings. The van der Waals surface area contributed by atoms with Crippen LogP contribution < -0.4 is 0 Å². The van der Waals surface area contributed by atoms with Crippen molar-refractivity contribution in [2.75, 3.05) is 0 Å². The van der Waals surface area contributed by atoms with Crippen molar-refractivity contribution in [2.24, 2.45) is 7.05 Å². The molecule has 0 fully saturated rings. The van der Waals surface area contributed by atoms with Crippen molar-refractivity contribution >= 4 is 17.6 Å². The van der Waals surface area contributed by atoms with E-state index in [0.717, 1.165) is 5.56 Å². The lowest BCUT2D eigenvalue weighted by Crippen LogP contribution is -2.09. The monoisotopic (exact) mass is 249 g/mol.